The molecule has 0 aromatic heterocycles. The van der Waals surface area contributed by atoms with Gasteiger partial charge in [0.1, 0.15) is 6.10 Å². The Kier molecular flexibility index (Phi) is 10.2. The summed E-state index contributed by atoms with van der Waals surface area (Å²) < 4.78 is 45.0. The van der Waals surface area contributed by atoms with Gasteiger partial charge in [0.25, 0.3) is 0 Å². The second kappa shape index (κ2) is 13.4. The summed E-state index contributed by atoms with van der Waals surface area (Å²) in [7, 11) is -5.79. The molecule has 5 atom stereocenters. The van der Waals surface area contributed by atoms with E-state index in [9.17, 15) is 28.4 Å². The highest BCUT2D eigenvalue weighted by atomic mass is 32.2. The molecule has 4 N–H and O–H groups in total. The molecule has 2 aliphatic heterocycles. The summed E-state index contributed by atoms with van der Waals surface area (Å²) in [5.41, 5.74) is 1.000. The number of benzene rings is 2. The largest absolute Gasteiger partial charge is 0.488 e. The van der Waals surface area contributed by atoms with Crippen molar-refractivity contribution >= 4 is 28.7 Å². The van der Waals surface area contributed by atoms with Gasteiger partial charge >= 0.3 is 13.2 Å². The fourth-order valence-electron chi connectivity index (χ4n) is 5.00. The molecule has 0 bridgehead atoms. The number of hydrogen-bond acceptors (Lipinski definition) is 9. The number of ether oxygens (including phenoxy) is 3. The van der Waals surface area contributed by atoms with E-state index < -0.39 is 41.5 Å². The van der Waals surface area contributed by atoms with Crippen LogP contribution < -0.4 is 10.8 Å². The third kappa shape index (κ3) is 7.61. The standard InChI is InChI=1S/C27H37BN2O9S/c1-18(2)15-30(40(35,36)21-10-8-20(9-11-21)28(33)34)16-24(31)23(14-19-6-4-3-5-7-19)29-27(32)39-25-17-38-26-22(25)12-13-37-26/h3-11,18,22-26,31,33-34H,12-17H2,1-2H3,(H,29,32)/t22-,23?,24?,25-,26+/m0/s1. The Balaban J connectivity index is 1.51. The Morgan fingerprint density at radius 1 is 1.10 bits per heavy atom. The third-order valence-electron chi connectivity index (χ3n) is 7.09. The number of carbonyl (C=O) groups is 1. The van der Waals surface area contributed by atoms with Crippen molar-refractivity contribution in [1.82, 2.24) is 9.62 Å². The van der Waals surface area contributed by atoms with E-state index in [0.717, 1.165) is 12.0 Å². The van der Waals surface area contributed by atoms with E-state index in [0.29, 0.717) is 6.61 Å². The number of alkyl carbamates (subject to hydrolysis) is 1. The predicted octanol–water partition coefficient (Wildman–Crippen LogP) is 0.473. The van der Waals surface area contributed by atoms with Crippen LogP contribution in [0.4, 0.5) is 4.79 Å². The Bertz CT molecular complexity index is 1210. The average molecular weight is 576 g/mol. The third-order valence-corrected chi connectivity index (χ3v) is 8.93. The first-order valence-electron chi connectivity index (χ1n) is 13.4. The minimum absolute atomic E-state index is 0.0479. The summed E-state index contributed by atoms with van der Waals surface area (Å²) in [6.07, 6.45) is -1.89. The molecule has 2 saturated heterocycles. The van der Waals surface area contributed by atoms with Crippen molar-refractivity contribution in [3.63, 3.8) is 0 Å². The van der Waals surface area contributed by atoms with Gasteiger partial charge in [-0.1, -0.05) is 56.3 Å². The Hall–Kier alpha value is -2.52. The van der Waals surface area contributed by atoms with E-state index in [-0.39, 0.29) is 54.6 Å². The fourth-order valence-corrected chi connectivity index (χ4v) is 6.62. The van der Waals surface area contributed by atoms with Crippen molar-refractivity contribution in [3.8, 4) is 0 Å². The van der Waals surface area contributed by atoms with Crippen LogP contribution in [0, 0.1) is 11.8 Å². The van der Waals surface area contributed by atoms with E-state index >= 15 is 0 Å². The molecule has 2 aromatic carbocycles. The SMILES string of the molecule is CC(C)CN(CC(O)C(Cc1ccccc1)NC(=O)O[C@H]1CO[C@H]2OCC[C@H]21)S(=O)(=O)c1ccc(B(O)O)cc1. The van der Waals surface area contributed by atoms with E-state index in [2.05, 4.69) is 5.32 Å². The Labute approximate surface area is 235 Å². The summed E-state index contributed by atoms with van der Waals surface area (Å²) >= 11 is 0. The molecule has 0 saturated carbocycles. The zero-order valence-corrected chi connectivity index (χ0v) is 23.4. The Morgan fingerprint density at radius 3 is 2.45 bits per heavy atom. The van der Waals surface area contributed by atoms with Gasteiger partial charge < -0.3 is 34.7 Å². The Morgan fingerprint density at radius 2 is 1.80 bits per heavy atom. The smallest absolute Gasteiger partial charge is 0.443 e. The second-order valence-corrected chi connectivity index (χ2v) is 12.6. The number of carbonyl (C=O) groups excluding carboxylic acids is 1. The lowest BCUT2D eigenvalue weighted by Gasteiger charge is -2.31. The lowest BCUT2D eigenvalue weighted by Crippen LogP contribution is -2.51. The molecule has 13 heteroatoms. The monoisotopic (exact) mass is 576 g/mol. The lowest BCUT2D eigenvalue weighted by molar-refractivity contribution is -0.0907. The van der Waals surface area contributed by atoms with Gasteiger partial charge in [0.05, 0.1) is 36.2 Å². The number of rotatable bonds is 12. The molecule has 0 spiro atoms. The molecule has 2 aliphatic rings. The number of sulfonamides is 1. The van der Waals surface area contributed by atoms with Crippen LogP contribution in [-0.2, 0) is 30.7 Å². The predicted molar refractivity (Wildman–Crippen MR) is 147 cm³/mol. The molecule has 2 aromatic rings. The molecule has 0 radical (unpaired) electrons. The molecule has 1 amide bonds. The van der Waals surface area contributed by atoms with Crippen molar-refractivity contribution in [2.24, 2.45) is 11.8 Å². The van der Waals surface area contributed by atoms with E-state index in [1.807, 2.05) is 44.2 Å². The van der Waals surface area contributed by atoms with Crippen LogP contribution in [0.2, 0.25) is 0 Å². The van der Waals surface area contributed by atoms with Gasteiger partial charge in [-0.15, -0.1) is 0 Å². The van der Waals surface area contributed by atoms with E-state index in [4.69, 9.17) is 14.2 Å². The highest BCUT2D eigenvalue weighted by Gasteiger charge is 2.44. The molecule has 4 rings (SSSR count). The van der Waals surface area contributed by atoms with Crippen molar-refractivity contribution in [3.05, 3.63) is 60.2 Å². The van der Waals surface area contributed by atoms with Crippen LogP contribution in [0.25, 0.3) is 0 Å². The maximum absolute atomic E-state index is 13.6. The first kappa shape index (κ1) is 30.4. The summed E-state index contributed by atoms with van der Waals surface area (Å²) in [4.78, 5) is 12.9. The summed E-state index contributed by atoms with van der Waals surface area (Å²) in [6.45, 7) is 4.32. The van der Waals surface area contributed by atoms with Crippen molar-refractivity contribution in [1.29, 1.82) is 0 Å². The van der Waals surface area contributed by atoms with Crippen molar-refractivity contribution < 1.29 is 42.6 Å². The molecular weight excluding hydrogens is 539 g/mol. The van der Waals surface area contributed by atoms with Gasteiger partial charge in [-0.3, -0.25) is 0 Å². The molecule has 2 heterocycles. The van der Waals surface area contributed by atoms with Gasteiger partial charge in [0, 0.05) is 13.1 Å². The normalized spacial score (nSPS) is 22.2. The van der Waals surface area contributed by atoms with Gasteiger partial charge in [-0.2, -0.15) is 4.31 Å². The first-order valence-corrected chi connectivity index (χ1v) is 14.9. The molecule has 11 nitrogen and oxygen atoms in total. The zero-order valence-electron chi connectivity index (χ0n) is 22.6. The van der Waals surface area contributed by atoms with Crippen molar-refractivity contribution in [2.45, 2.75) is 56.1 Å². The molecule has 0 aliphatic carbocycles. The summed E-state index contributed by atoms with van der Waals surface area (Å²) in [5, 5.41) is 32.8. The van der Waals surface area contributed by atoms with Crippen molar-refractivity contribution in [2.75, 3.05) is 26.3 Å². The molecule has 218 valence electrons. The quantitative estimate of drug-likeness (QED) is 0.264. The number of aliphatic hydroxyl groups is 1. The maximum atomic E-state index is 13.6. The van der Waals surface area contributed by atoms with E-state index in [1.165, 1.54) is 28.6 Å². The van der Waals surface area contributed by atoms with Crippen LogP contribution in [0.1, 0.15) is 25.8 Å². The number of hydrogen-bond donors (Lipinski definition) is 4. The highest BCUT2D eigenvalue weighted by Crippen LogP contribution is 2.33. The summed E-state index contributed by atoms with van der Waals surface area (Å²) in [5.74, 6) is -0.108. The highest BCUT2D eigenvalue weighted by molar-refractivity contribution is 7.89. The first-order chi connectivity index (χ1) is 19.0. The van der Waals surface area contributed by atoms with Crippen LogP contribution in [-0.4, -0.2) is 91.9 Å². The maximum Gasteiger partial charge on any atom is 0.488 e. The van der Waals surface area contributed by atoms with Gasteiger partial charge in [-0.05, 0) is 41.9 Å². The van der Waals surface area contributed by atoms with E-state index in [1.54, 1.807) is 0 Å². The minimum Gasteiger partial charge on any atom is -0.443 e. The number of nitrogens with one attached hydrogen (secondary N) is 1. The topological polar surface area (TPSA) is 155 Å². The number of aliphatic hydroxyl groups excluding tert-OH is 1. The van der Waals surface area contributed by atoms with Crippen LogP contribution in [0.3, 0.4) is 0 Å². The van der Waals surface area contributed by atoms with Crippen LogP contribution in [0.5, 0.6) is 0 Å². The van der Waals surface area contributed by atoms with Gasteiger partial charge in [0.2, 0.25) is 10.0 Å². The molecular formula is C27H37BN2O9S. The lowest BCUT2D eigenvalue weighted by atomic mass is 9.81. The van der Waals surface area contributed by atoms with Gasteiger partial charge in [0.15, 0.2) is 6.29 Å². The summed E-state index contributed by atoms with van der Waals surface area (Å²) in [6, 6.07) is 13.6. The number of amides is 1. The molecule has 40 heavy (non-hydrogen) atoms. The minimum atomic E-state index is -4.06. The fraction of sp³-hybridized carbons (Fsp3) is 0.519. The molecule has 2 unspecified atom stereocenters. The second-order valence-electron chi connectivity index (χ2n) is 10.6. The number of fused-ring (bicyclic) bond motifs is 1. The average Bonchev–Trinajstić information content (AvgIpc) is 3.53. The van der Waals surface area contributed by atoms with Gasteiger partial charge in [-0.25, -0.2) is 13.2 Å². The van der Waals surface area contributed by atoms with Crippen LogP contribution in [0.15, 0.2) is 59.5 Å². The molecule has 2 fully saturated rings. The number of nitrogens with zero attached hydrogens (tertiary/aromatic N) is 1. The zero-order chi connectivity index (χ0) is 28.9. The van der Waals surface area contributed by atoms with Crippen LogP contribution >= 0.6 is 0 Å².